The van der Waals surface area contributed by atoms with Crippen molar-refractivity contribution in [1.82, 2.24) is 0 Å². The third kappa shape index (κ3) is 2.19. The maximum atomic E-state index is 10.7. The lowest BCUT2D eigenvalue weighted by atomic mass is 10.2. The maximum Gasteiger partial charge on any atom is 0.124 e. The zero-order valence-electron chi connectivity index (χ0n) is 7.27. The van der Waals surface area contributed by atoms with Gasteiger partial charge in [-0.25, -0.2) is 8.42 Å². The van der Waals surface area contributed by atoms with Gasteiger partial charge < -0.3 is 9.29 Å². The molecule has 1 aromatic rings. The van der Waals surface area contributed by atoms with Crippen molar-refractivity contribution < 1.29 is 17.7 Å². The second kappa shape index (κ2) is 3.35. The SMILES string of the molecule is COc1ccc(C)c(S(=O)(=O)[O-])c1. The second-order valence-corrected chi connectivity index (χ2v) is 3.93. The zero-order valence-corrected chi connectivity index (χ0v) is 8.09. The number of hydrogen-bond acceptors (Lipinski definition) is 4. The molecule has 0 saturated carbocycles. The van der Waals surface area contributed by atoms with Crippen LogP contribution in [0, 0.1) is 6.92 Å². The quantitative estimate of drug-likeness (QED) is 0.667. The van der Waals surface area contributed by atoms with Gasteiger partial charge in [0.25, 0.3) is 0 Å². The molecular formula is C8H9O4S-. The molecule has 0 fully saturated rings. The lowest BCUT2D eigenvalue weighted by Crippen LogP contribution is -2.01. The van der Waals surface area contributed by atoms with E-state index < -0.39 is 10.1 Å². The molecule has 13 heavy (non-hydrogen) atoms. The van der Waals surface area contributed by atoms with Crippen LogP contribution in [0.2, 0.25) is 0 Å². The number of methoxy groups -OCH3 is 1. The Morgan fingerprint density at radius 1 is 1.38 bits per heavy atom. The Hall–Kier alpha value is -1.07. The molecule has 0 aromatic heterocycles. The van der Waals surface area contributed by atoms with E-state index in [1.807, 2.05) is 0 Å². The molecule has 0 radical (unpaired) electrons. The molecule has 0 aliphatic carbocycles. The molecule has 72 valence electrons. The summed E-state index contributed by atoms with van der Waals surface area (Å²) in [6.45, 7) is 1.56. The van der Waals surface area contributed by atoms with Crippen LogP contribution in [0.15, 0.2) is 23.1 Å². The van der Waals surface area contributed by atoms with Gasteiger partial charge in [-0.2, -0.15) is 0 Å². The van der Waals surface area contributed by atoms with Crippen molar-refractivity contribution in [2.75, 3.05) is 7.11 Å². The molecule has 0 aliphatic heterocycles. The first-order valence-electron chi connectivity index (χ1n) is 3.55. The van der Waals surface area contributed by atoms with Crippen LogP contribution in [0.3, 0.4) is 0 Å². The third-order valence-electron chi connectivity index (χ3n) is 1.66. The summed E-state index contributed by atoms with van der Waals surface area (Å²) in [5.41, 5.74) is 0.427. The van der Waals surface area contributed by atoms with Crippen LogP contribution in [-0.2, 0) is 10.1 Å². The monoisotopic (exact) mass is 201 g/mol. The van der Waals surface area contributed by atoms with Gasteiger partial charge in [0.2, 0.25) is 0 Å². The van der Waals surface area contributed by atoms with Crippen LogP contribution in [0.5, 0.6) is 5.75 Å². The van der Waals surface area contributed by atoms with Gasteiger partial charge in [0.1, 0.15) is 15.9 Å². The summed E-state index contributed by atoms with van der Waals surface area (Å²) >= 11 is 0. The van der Waals surface area contributed by atoms with Gasteiger partial charge in [-0.3, -0.25) is 0 Å². The van der Waals surface area contributed by atoms with Gasteiger partial charge in [0.05, 0.1) is 12.0 Å². The van der Waals surface area contributed by atoms with E-state index in [-0.39, 0.29) is 4.90 Å². The molecule has 5 heteroatoms. The average molecular weight is 201 g/mol. The highest BCUT2D eigenvalue weighted by molar-refractivity contribution is 7.85. The molecule has 4 nitrogen and oxygen atoms in total. The fourth-order valence-electron chi connectivity index (χ4n) is 0.977. The van der Waals surface area contributed by atoms with E-state index in [0.717, 1.165) is 0 Å². The summed E-state index contributed by atoms with van der Waals surface area (Å²) in [6.07, 6.45) is 0. The molecule has 0 N–H and O–H groups in total. The van der Waals surface area contributed by atoms with Crippen molar-refractivity contribution in [2.45, 2.75) is 11.8 Å². The number of ether oxygens (including phenoxy) is 1. The Bertz CT molecular complexity index is 408. The van der Waals surface area contributed by atoms with Crippen LogP contribution >= 0.6 is 0 Å². The van der Waals surface area contributed by atoms with Crippen LogP contribution < -0.4 is 4.74 Å². The minimum atomic E-state index is -4.40. The summed E-state index contributed by atoms with van der Waals surface area (Å²) in [4.78, 5) is -0.230. The molecule has 0 unspecified atom stereocenters. The smallest absolute Gasteiger partial charge is 0.124 e. The molecule has 0 atom stereocenters. The highest BCUT2D eigenvalue weighted by atomic mass is 32.2. The van der Waals surface area contributed by atoms with Crippen LogP contribution in [-0.4, -0.2) is 20.1 Å². The van der Waals surface area contributed by atoms with Crippen molar-refractivity contribution in [3.63, 3.8) is 0 Å². The van der Waals surface area contributed by atoms with Crippen molar-refractivity contribution >= 4 is 10.1 Å². The van der Waals surface area contributed by atoms with Gasteiger partial charge in [-0.15, -0.1) is 0 Å². The molecule has 0 heterocycles. The topological polar surface area (TPSA) is 66.4 Å². The minimum absolute atomic E-state index is 0.230. The van der Waals surface area contributed by atoms with E-state index in [2.05, 4.69) is 0 Å². The van der Waals surface area contributed by atoms with Crippen LogP contribution in [0.4, 0.5) is 0 Å². The first-order valence-corrected chi connectivity index (χ1v) is 4.96. The molecule has 1 rings (SSSR count). The lowest BCUT2D eigenvalue weighted by molar-refractivity contribution is 0.412. The highest BCUT2D eigenvalue weighted by Gasteiger charge is 2.06. The Morgan fingerprint density at radius 3 is 2.46 bits per heavy atom. The molecule has 0 bridgehead atoms. The minimum Gasteiger partial charge on any atom is -0.744 e. The Morgan fingerprint density at radius 2 is 2.00 bits per heavy atom. The van der Waals surface area contributed by atoms with Gasteiger partial charge >= 0.3 is 0 Å². The van der Waals surface area contributed by atoms with E-state index in [1.54, 1.807) is 13.0 Å². The number of aryl methyl sites for hydroxylation is 1. The van der Waals surface area contributed by atoms with Crippen LogP contribution in [0.25, 0.3) is 0 Å². The number of benzene rings is 1. The fourth-order valence-corrected chi connectivity index (χ4v) is 1.70. The fraction of sp³-hybridized carbons (Fsp3) is 0.250. The first-order chi connectivity index (χ1) is 5.95. The standard InChI is InChI=1S/C8H10O4S/c1-6-3-4-7(12-2)5-8(6)13(9,10)11/h3-5H,1-2H3,(H,9,10,11)/p-1. The van der Waals surface area contributed by atoms with E-state index >= 15 is 0 Å². The molecule has 0 aliphatic rings. The summed E-state index contributed by atoms with van der Waals surface area (Å²) in [5, 5.41) is 0. The maximum absolute atomic E-state index is 10.7. The lowest BCUT2D eigenvalue weighted by Gasteiger charge is -2.11. The van der Waals surface area contributed by atoms with Crippen molar-refractivity contribution in [3.8, 4) is 5.75 Å². The zero-order chi connectivity index (χ0) is 10.1. The Kier molecular flexibility index (Phi) is 2.58. The molecule has 0 amide bonds. The largest absolute Gasteiger partial charge is 0.744 e. The number of hydrogen-bond donors (Lipinski definition) is 0. The van der Waals surface area contributed by atoms with Gasteiger partial charge in [0, 0.05) is 0 Å². The first kappa shape index (κ1) is 10.0. The van der Waals surface area contributed by atoms with Gasteiger partial charge in [-0.05, 0) is 24.6 Å². The molecule has 0 saturated heterocycles. The van der Waals surface area contributed by atoms with Gasteiger partial charge in [-0.1, -0.05) is 6.07 Å². The molecular weight excluding hydrogens is 192 g/mol. The van der Waals surface area contributed by atoms with E-state index in [0.29, 0.717) is 11.3 Å². The highest BCUT2D eigenvalue weighted by Crippen LogP contribution is 2.20. The summed E-state index contributed by atoms with van der Waals surface area (Å²) in [7, 11) is -2.99. The third-order valence-corrected chi connectivity index (χ3v) is 2.64. The summed E-state index contributed by atoms with van der Waals surface area (Å²) in [5.74, 6) is 0.361. The van der Waals surface area contributed by atoms with Crippen LogP contribution in [0.1, 0.15) is 5.56 Å². The van der Waals surface area contributed by atoms with Crippen molar-refractivity contribution in [1.29, 1.82) is 0 Å². The predicted octanol–water partition coefficient (Wildman–Crippen LogP) is 0.908. The van der Waals surface area contributed by atoms with Gasteiger partial charge in [0.15, 0.2) is 0 Å². The summed E-state index contributed by atoms with van der Waals surface area (Å²) < 4.78 is 36.9. The number of rotatable bonds is 2. The Balaban J connectivity index is 3.36. The predicted molar refractivity (Wildman–Crippen MR) is 45.7 cm³/mol. The molecule has 1 aromatic carbocycles. The normalized spacial score (nSPS) is 11.3. The van der Waals surface area contributed by atoms with Crippen molar-refractivity contribution in [2.24, 2.45) is 0 Å². The van der Waals surface area contributed by atoms with E-state index in [9.17, 15) is 13.0 Å². The van der Waals surface area contributed by atoms with Crippen molar-refractivity contribution in [3.05, 3.63) is 23.8 Å². The summed E-state index contributed by atoms with van der Waals surface area (Å²) in [6, 6.07) is 4.35. The second-order valence-electron chi connectivity index (χ2n) is 2.59. The van der Waals surface area contributed by atoms with E-state index in [4.69, 9.17) is 4.74 Å². The van der Waals surface area contributed by atoms with E-state index in [1.165, 1.54) is 19.2 Å². The average Bonchev–Trinajstić information content (AvgIpc) is 2.03. The Labute approximate surface area is 76.9 Å². The molecule has 0 spiro atoms.